The van der Waals surface area contributed by atoms with Gasteiger partial charge in [0.1, 0.15) is 0 Å². The first-order valence-corrected chi connectivity index (χ1v) is 4.37. The number of rotatable bonds is 3. The van der Waals surface area contributed by atoms with Crippen molar-refractivity contribution in [3.05, 3.63) is 42.0 Å². The van der Waals surface area contributed by atoms with Crippen molar-refractivity contribution in [2.24, 2.45) is 5.73 Å². The number of nitrogens with two attached hydrogens (primary N) is 2. The largest absolute Gasteiger partial charge is 0.398 e. The number of benzene rings is 1. The van der Waals surface area contributed by atoms with Crippen LogP contribution in [0.5, 0.6) is 0 Å². The van der Waals surface area contributed by atoms with Gasteiger partial charge >= 0.3 is 0 Å². The minimum atomic E-state index is -0.0302. The lowest BCUT2D eigenvalue weighted by Gasteiger charge is -2.12. The maximum atomic E-state index is 5.92. The van der Waals surface area contributed by atoms with Crippen molar-refractivity contribution < 1.29 is 0 Å². The lowest BCUT2D eigenvalue weighted by molar-refractivity contribution is 0.743. The van der Waals surface area contributed by atoms with Gasteiger partial charge in [0.05, 0.1) is 0 Å². The van der Waals surface area contributed by atoms with E-state index in [9.17, 15) is 0 Å². The Morgan fingerprint density at radius 2 is 2.23 bits per heavy atom. The van der Waals surface area contributed by atoms with Crippen LogP contribution in [0.4, 0.5) is 5.69 Å². The summed E-state index contributed by atoms with van der Waals surface area (Å²) in [5.74, 6) is 0. The van der Waals surface area contributed by atoms with Gasteiger partial charge in [0.25, 0.3) is 0 Å². The van der Waals surface area contributed by atoms with Crippen molar-refractivity contribution in [2.75, 3.05) is 5.73 Å². The minimum Gasteiger partial charge on any atom is -0.398 e. The van der Waals surface area contributed by atoms with Crippen molar-refractivity contribution in [1.29, 1.82) is 0 Å². The zero-order valence-corrected chi connectivity index (χ0v) is 7.96. The van der Waals surface area contributed by atoms with Gasteiger partial charge in [-0.05, 0) is 25.0 Å². The summed E-state index contributed by atoms with van der Waals surface area (Å²) in [6.45, 7) is 5.69. The molecular formula is C11H16N2. The van der Waals surface area contributed by atoms with Crippen LogP contribution in [0.2, 0.25) is 0 Å². The highest BCUT2D eigenvalue weighted by Gasteiger charge is 2.07. The van der Waals surface area contributed by atoms with E-state index in [1.165, 1.54) is 5.56 Å². The molecule has 0 bridgehead atoms. The Morgan fingerprint density at radius 3 is 2.85 bits per heavy atom. The molecule has 0 amide bonds. The van der Waals surface area contributed by atoms with Gasteiger partial charge < -0.3 is 11.5 Å². The summed E-state index contributed by atoms with van der Waals surface area (Å²) >= 11 is 0. The van der Waals surface area contributed by atoms with Gasteiger partial charge in [-0.25, -0.2) is 0 Å². The van der Waals surface area contributed by atoms with E-state index in [0.717, 1.165) is 17.7 Å². The molecule has 1 aromatic rings. The standard InChI is InChI=1S/C11H16N2/c1-3-4-10(12)9-7-8(2)5-6-11(9)13/h3,5-7,10H,1,4,12-13H2,2H3. The van der Waals surface area contributed by atoms with Crippen LogP contribution in [0, 0.1) is 6.92 Å². The molecule has 1 unspecified atom stereocenters. The van der Waals surface area contributed by atoms with Gasteiger partial charge in [-0.2, -0.15) is 0 Å². The number of anilines is 1. The highest BCUT2D eigenvalue weighted by atomic mass is 14.7. The monoisotopic (exact) mass is 176 g/mol. The molecule has 0 saturated carbocycles. The number of hydrogen-bond donors (Lipinski definition) is 2. The van der Waals surface area contributed by atoms with Gasteiger partial charge in [-0.3, -0.25) is 0 Å². The normalized spacial score (nSPS) is 12.5. The fraction of sp³-hybridized carbons (Fsp3) is 0.273. The second-order valence-electron chi connectivity index (χ2n) is 3.26. The molecule has 2 heteroatoms. The third kappa shape index (κ3) is 2.33. The molecule has 0 fully saturated rings. The molecule has 0 aliphatic heterocycles. The Bertz CT molecular complexity index is 305. The zero-order valence-electron chi connectivity index (χ0n) is 7.96. The molecule has 70 valence electrons. The van der Waals surface area contributed by atoms with E-state index in [2.05, 4.69) is 6.58 Å². The second kappa shape index (κ2) is 4.10. The van der Waals surface area contributed by atoms with E-state index >= 15 is 0 Å². The fourth-order valence-corrected chi connectivity index (χ4v) is 1.32. The number of nitrogen functional groups attached to an aromatic ring is 1. The van der Waals surface area contributed by atoms with Crippen molar-refractivity contribution in [3.8, 4) is 0 Å². The third-order valence-electron chi connectivity index (χ3n) is 2.06. The van der Waals surface area contributed by atoms with E-state index in [1.54, 1.807) is 0 Å². The molecule has 0 radical (unpaired) electrons. The van der Waals surface area contributed by atoms with Crippen molar-refractivity contribution >= 4 is 5.69 Å². The lowest BCUT2D eigenvalue weighted by atomic mass is 10.0. The van der Waals surface area contributed by atoms with Crippen molar-refractivity contribution in [1.82, 2.24) is 0 Å². The summed E-state index contributed by atoms with van der Waals surface area (Å²) < 4.78 is 0. The van der Waals surface area contributed by atoms with E-state index in [-0.39, 0.29) is 6.04 Å². The van der Waals surface area contributed by atoms with Gasteiger partial charge in [0.2, 0.25) is 0 Å². The van der Waals surface area contributed by atoms with Crippen LogP contribution in [-0.4, -0.2) is 0 Å². The first-order valence-electron chi connectivity index (χ1n) is 4.37. The lowest BCUT2D eigenvalue weighted by Crippen LogP contribution is -2.11. The fourth-order valence-electron chi connectivity index (χ4n) is 1.32. The summed E-state index contributed by atoms with van der Waals surface area (Å²) in [4.78, 5) is 0. The summed E-state index contributed by atoms with van der Waals surface area (Å²) in [5, 5.41) is 0. The molecule has 0 aromatic heterocycles. The SMILES string of the molecule is C=CCC(N)c1cc(C)ccc1N. The summed E-state index contributed by atoms with van der Waals surface area (Å²) in [7, 11) is 0. The van der Waals surface area contributed by atoms with Gasteiger partial charge in [0.15, 0.2) is 0 Å². The molecule has 0 heterocycles. The predicted molar refractivity (Wildman–Crippen MR) is 57.3 cm³/mol. The van der Waals surface area contributed by atoms with Gasteiger partial charge in [-0.1, -0.05) is 23.8 Å². The number of hydrogen-bond acceptors (Lipinski definition) is 2. The van der Waals surface area contributed by atoms with Crippen molar-refractivity contribution in [3.63, 3.8) is 0 Å². The van der Waals surface area contributed by atoms with Crippen LogP contribution >= 0.6 is 0 Å². The van der Waals surface area contributed by atoms with Crippen LogP contribution in [0.1, 0.15) is 23.6 Å². The molecular weight excluding hydrogens is 160 g/mol. The van der Waals surface area contributed by atoms with Gasteiger partial charge in [-0.15, -0.1) is 6.58 Å². The van der Waals surface area contributed by atoms with Crippen LogP contribution in [-0.2, 0) is 0 Å². The maximum absolute atomic E-state index is 5.92. The average Bonchev–Trinajstić information content (AvgIpc) is 2.09. The van der Waals surface area contributed by atoms with Gasteiger partial charge in [0, 0.05) is 11.7 Å². The highest BCUT2D eigenvalue weighted by Crippen LogP contribution is 2.22. The van der Waals surface area contributed by atoms with Crippen LogP contribution < -0.4 is 11.5 Å². The molecule has 0 aliphatic carbocycles. The predicted octanol–water partition coefficient (Wildman–Crippen LogP) is 2.15. The smallest absolute Gasteiger partial charge is 0.0362 e. The molecule has 1 atom stereocenters. The van der Waals surface area contributed by atoms with E-state index < -0.39 is 0 Å². The maximum Gasteiger partial charge on any atom is 0.0362 e. The minimum absolute atomic E-state index is 0.0302. The Morgan fingerprint density at radius 1 is 1.54 bits per heavy atom. The molecule has 1 aromatic carbocycles. The molecule has 4 N–H and O–H groups in total. The summed E-state index contributed by atoms with van der Waals surface area (Å²) in [5.41, 5.74) is 14.7. The van der Waals surface area contributed by atoms with Crippen LogP contribution in [0.15, 0.2) is 30.9 Å². The molecule has 13 heavy (non-hydrogen) atoms. The van der Waals surface area contributed by atoms with E-state index in [0.29, 0.717) is 0 Å². The first-order chi connectivity index (χ1) is 6.15. The Labute approximate surface area is 79.2 Å². The Balaban J connectivity index is 2.97. The van der Waals surface area contributed by atoms with Crippen LogP contribution in [0.25, 0.3) is 0 Å². The summed E-state index contributed by atoms with van der Waals surface area (Å²) in [6, 6.07) is 5.88. The molecule has 0 aliphatic rings. The zero-order chi connectivity index (χ0) is 9.84. The topological polar surface area (TPSA) is 52.0 Å². The molecule has 0 spiro atoms. The average molecular weight is 176 g/mol. The van der Waals surface area contributed by atoms with Crippen LogP contribution in [0.3, 0.4) is 0 Å². The number of aryl methyl sites for hydroxylation is 1. The third-order valence-corrected chi connectivity index (χ3v) is 2.06. The molecule has 1 rings (SSSR count). The summed E-state index contributed by atoms with van der Waals surface area (Å²) in [6.07, 6.45) is 2.57. The molecule has 2 nitrogen and oxygen atoms in total. The molecule has 0 saturated heterocycles. The van der Waals surface area contributed by atoms with E-state index in [4.69, 9.17) is 11.5 Å². The van der Waals surface area contributed by atoms with Crippen molar-refractivity contribution in [2.45, 2.75) is 19.4 Å². The van der Waals surface area contributed by atoms with E-state index in [1.807, 2.05) is 31.2 Å². The Hall–Kier alpha value is -1.28. The highest BCUT2D eigenvalue weighted by molar-refractivity contribution is 5.50. The quantitative estimate of drug-likeness (QED) is 0.547. The Kier molecular flexibility index (Phi) is 3.09. The first kappa shape index (κ1) is 9.81. The second-order valence-corrected chi connectivity index (χ2v) is 3.26.